The lowest BCUT2D eigenvalue weighted by Gasteiger charge is -2.32. The Balaban J connectivity index is 2.36. The van der Waals surface area contributed by atoms with Crippen molar-refractivity contribution in [3.8, 4) is 0 Å². The maximum absolute atomic E-state index is 11.9. The highest BCUT2D eigenvalue weighted by molar-refractivity contribution is 7.80. The highest BCUT2D eigenvalue weighted by Gasteiger charge is 2.26. The molecule has 6 nitrogen and oxygen atoms in total. The number of carbonyl (C=O) groups excluding carboxylic acids is 2. The van der Waals surface area contributed by atoms with Gasteiger partial charge in [-0.3, -0.25) is 9.59 Å². The summed E-state index contributed by atoms with van der Waals surface area (Å²) < 4.78 is 0. The monoisotopic (exact) mass is 286 g/mol. The minimum Gasteiger partial charge on any atom is -0.392 e. The van der Waals surface area contributed by atoms with E-state index in [9.17, 15) is 9.59 Å². The van der Waals surface area contributed by atoms with Crippen molar-refractivity contribution in [3.63, 3.8) is 0 Å². The number of piperidine rings is 1. The molecule has 0 radical (unpaired) electrons. The molecule has 0 aromatic rings. The Morgan fingerprint density at radius 3 is 2.42 bits per heavy atom. The molecule has 0 saturated carbocycles. The number of rotatable bonds is 4. The van der Waals surface area contributed by atoms with Crippen LogP contribution in [0.3, 0.4) is 0 Å². The molecule has 7 heteroatoms. The highest BCUT2D eigenvalue weighted by atomic mass is 32.1. The molecule has 0 atom stereocenters. The van der Waals surface area contributed by atoms with Gasteiger partial charge in [0.05, 0.1) is 11.5 Å². The number of thiocarbonyl (C=S) groups is 1. The number of amides is 2. The van der Waals surface area contributed by atoms with E-state index in [4.69, 9.17) is 5.73 Å². The van der Waals surface area contributed by atoms with Gasteiger partial charge in [0.1, 0.15) is 0 Å². The Morgan fingerprint density at radius 1 is 1.37 bits per heavy atom. The van der Waals surface area contributed by atoms with Gasteiger partial charge >= 0.3 is 11.8 Å². The number of nitrogens with zero attached hydrogens (tertiary/aromatic N) is 2. The molecular weight excluding hydrogens is 264 g/mol. The molecule has 1 fully saturated rings. The third-order valence-corrected chi connectivity index (χ3v) is 3.29. The second-order valence-corrected chi connectivity index (χ2v) is 5.67. The molecule has 1 heterocycles. The first-order valence-electron chi connectivity index (χ1n) is 6.40. The van der Waals surface area contributed by atoms with Crippen LogP contribution < -0.4 is 11.1 Å². The summed E-state index contributed by atoms with van der Waals surface area (Å²) in [6.45, 7) is 2.36. The molecule has 0 spiro atoms. The van der Waals surface area contributed by atoms with E-state index in [1.807, 2.05) is 14.1 Å². The van der Waals surface area contributed by atoms with Crippen molar-refractivity contribution in [2.45, 2.75) is 12.8 Å². The summed E-state index contributed by atoms with van der Waals surface area (Å²) in [5.41, 5.74) is 5.27. The Hall–Kier alpha value is -1.21. The Kier molecular flexibility index (Phi) is 6.17. The van der Waals surface area contributed by atoms with E-state index in [1.165, 1.54) is 0 Å². The Morgan fingerprint density at radius 2 is 1.95 bits per heavy atom. The molecule has 19 heavy (non-hydrogen) atoms. The molecule has 1 aliphatic rings. The van der Waals surface area contributed by atoms with Crippen LogP contribution in [0.2, 0.25) is 0 Å². The zero-order chi connectivity index (χ0) is 14.4. The third-order valence-electron chi connectivity index (χ3n) is 3.14. The lowest BCUT2D eigenvalue weighted by Crippen LogP contribution is -2.48. The van der Waals surface area contributed by atoms with Gasteiger partial charge in [-0.25, -0.2) is 0 Å². The Labute approximate surface area is 119 Å². The SMILES string of the molecule is CN(C)CC1CCN(C(=O)C(=O)NCC(N)=S)CC1. The first-order valence-corrected chi connectivity index (χ1v) is 6.81. The first kappa shape index (κ1) is 15.8. The van der Waals surface area contributed by atoms with Gasteiger partial charge in [0.2, 0.25) is 0 Å². The van der Waals surface area contributed by atoms with Gasteiger partial charge < -0.3 is 20.9 Å². The predicted octanol–water partition coefficient (Wildman–Crippen LogP) is -0.811. The lowest BCUT2D eigenvalue weighted by atomic mass is 9.96. The molecule has 2 amide bonds. The summed E-state index contributed by atoms with van der Waals surface area (Å²) in [6.07, 6.45) is 1.87. The molecule has 1 aliphatic heterocycles. The molecule has 1 saturated heterocycles. The first-order chi connectivity index (χ1) is 8.90. The highest BCUT2D eigenvalue weighted by Crippen LogP contribution is 2.17. The second kappa shape index (κ2) is 7.40. The minimum absolute atomic E-state index is 0.0665. The van der Waals surface area contributed by atoms with Crippen molar-refractivity contribution in [2.75, 3.05) is 40.3 Å². The predicted molar refractivity (Wildman–Crippen MR) is 77.7 cm³/mol. The van der Waals surface area contributed by atoms with Crippen LogP contribution in [0.5, 0.6) is 0 Å². The van der Waals surface area contributed by atoms with Crippen molar-refractivity contribution >= 4 is 29.0 Å². The lowest BCUT2D eigenvalue weighted by molar-refractivity contribution is -0.146. The van der Waals surface area contributed by atoms with Crippen molar-refractivity contribution < 1.29 is 9.59 Å². The smallest absolute Gasteiger partial charge is 0.311 e. The van der Waals surface area contributed by atoms with E-state index in [0.717, 1.165) is 19.4 Å². The van der Waals surface area contributed by atoms with Crippen LogP contribution in [-0.2, 0) is 9.59 Å². The van der Waals surface area contributed by atoms with Crippen LogP contribution in [0.25, 0.3) is 0 Å². The molecule has 108 valence electrons. The van der Waals surface area contributed by atoms with Crippen molar-refractivity contribution in [1.29, 1.82) is 0 Å². The molecule has 0 bridgehead atoms. The normalized spacial score (nSPS) is 16.5. The van der Waals surface area contributed by atoms with E-state index in [-0.39, 0.29) is 11.5 Å². The van der Waals surface area contributed by atoms with Crippen LogP contribution in [0, 0.1) is 5.92 Å². The molecule has 3 N–H and O–H groups in total. The van der Waals surface area contributed by atoms with Gasteiger partial charge in [0.15, 0.2) is 0 Å². The average Bonchev–Trinajstić information content (AvgIpc) is 2.35. The molecular formula is C12H22N4O2S. The third kappa shape index (κ3) is 5.52. The molecule has 0 aromatic carbocycles. The largest absolute Gasteiger partial charge is 0.392 e. The van der Waals surface area contributed by atoms with Gasteiger partial charge in [-0.15, -0.1) is 0 Å². The van der Waals surface area contributed by atoms with E-state index in [2.05, 4.69) is 22.4 Å². The van der Waals surface area contributed by atoms with Crippen molar-refractivity contribution in [1.82, 2.24) is 15.1 Å². The second-order valence-electron chi connectivity index (χ2n) is 5.15. The number of likely N-dealkylation sites (tertiary alicyclic amines) is 1. The van der Waals surface area contributed by atoms with Gasteiger partial charge in [-0.2, -0.15) is 0 Å². The van der Waals surface area contributed by atoms with Crippen LogP contribution in [0.15, 0.2) is 0 Å². The van der Waals surface area contributed by atoms with Gasteiger partial charge in [-0.05, 0) is 32.9 Å². The topological polar surface area (TPSA) is 78.7 Å². The zero-order valence-corrected chi connectivity index (χ0v) is 12.3. The number of hydrogen-bond acceptors (Lipinski definition) is 4. The van der Waals surface area contributed by atoms with Crippen molar-refractivity contribution in [2.24, 2.45) is 11.7 Å². The number of carbonyl (C=O) groups is 2. The van der Waals surface area contributed by atoms with Crippen LogP contribution in [0.1, 0.15) is 12.8 Å². The molecule has 0 aliphatic carbocycles. The average molecular weight is 286 g/mol. The van der Waals surface area contributed by atoms with Crippen LogP contribution in [-0.4, -0.2) is 66.9 Å². The summed E-state index contributed by atoms with van der Waals surface area (Å²) in [6, 6.07) is 0. The summed E-state index contributed by atoms with van der Waals surface area (Å²) >= 11 is 4.65. The fourth-order valence-electron chi connectivity index (χ4n) is 2.22. The summed E-state index contributed by atoms with van der Waals surface area (Å²) in [4.78, 5) is 27.4. The van der Waals surface area contributed by atoms with Gasteiger partial charge in [0, 0.05) is 19.6 Å². The quantitative estimate of drug-likeness (QED) is 0.522. The summed E-state index contributed by atoms with van der Waals surface area (Å²) in [5.74, 6) is -0.517. The molecule has 0 aromatic heterocycles. The maximum atomic E-state index is 11.9. The van der Waals surface area contributed by atoms with E-state index >= 15 is 0 Å². The van der Waals surface area contributed by atoms with Crippen LogP contribution in [0.4, 0.5) is 0 Å². The number of hydrogen-bond donors (Lipinski definition) is 2. The summed E-state index contributed by atoms with van der Waals surface area (Å²) in [5, 5.41) is 2.42. The fourth-order valence-corrected chi connectivity index (χ4v) is 2.29. The number of nitrogens with two attached hydrogens (primary N) is 1. The van der Waals surface area contributed by atoms with E-state index in [0.29, 0.717) is 19.0 Å². The summed E-state index contributed by atoms with van der Waals surface area (Å²) in [7, 11) is 4.08. The van der Waals surface area contributed by atoms with Crippen LogP contribution >= 0.6 is 12.2 Å². The van der Waals surface area contributed by atoms with Gasteiger partial charge in [-0.1, -0.05) is 12.2 Å². The number of nitrogens with one attached hydrogen (secondary N) is 1. The Bertz CT molecular complexity index is 352. The molecule has 0 unspecified atom stereocenters. The maximum Gasteiger partial charge on any atom is 0.311 e. The fraction of sp³-hybridized carbons (Fsp3) is 0.750. The standard InChI is InChI=1S/C12H22N4O2S/c1-15(2)8-9-3-5-16(6-4-9)12(18)11(17)14-7-10(13)19/h9H,3-8H2,1-2H3,(H2,13,19)(H,14,17). The molecule has 1 rings (SSSR count). The van der Waals surface area contributed by atoms with Gasteiger partial charge in [0.25, 0.3) is 0 Å². The van der Waals surface area contributed by atoms with Crippen molar-refractivity contribution in [3.05, 3.63) is 0 Å². The zero-order valence-electron chi connectivity index (χ0n) is 11.5. The van der Waals surface area contributed by atoms with E-state index < -0.39 is 11.8 Å². The minimum atomic E-state index is -0.626. The van der Waals surface area contributed by atoms with E-state index in [1.54, 1.807) is 4.90 Å².